The van der Waals surface area contributed by atoms with Gasteiger partial charge in [-0.1, -0.05) is 0 Å². The molecular formula is C19H30BF2NO4. The van der Waals surface area contributed by atoms with E-state index >= 15 is 8.78 Å². The second-order valence-electron chi connectivity index (χ2n) is 10.6. The number of rotatable bonds is 1. The van der Waals surface area contributed by atoms with Crippen molar-refractivity contribution in [3.8, 4) is 0 Å². The molecule has 3 saturated heterocycles. The number of halogens is 2. The molecule has 5 nitrogen and oxygen atoms in total. The summed E-state index contributed by atoms with van der Waals surface area (Å²) >= 11 is 0. The average molecular weight is 385 g/mol. The Morgan fingerprint density at radius 2 is 1.67 bits per heavy atom. The number of ether oxygens (including phenoxy) is 1. The fraction of sp³-hybridized carbons (Fsp3) is 0.947. The van der Waals surface area contributed by atoms with Gasteiger partial charge in [-0.2, -0.15) is 0 Å². The molecule has 8 heteroatoms. The first-order chi connectivity index (χ1) is 12.1. The highest BCUT2D eigenvalue weighted by Gasteiger charge is 2.92. The molecular weight excluding hydrogens is 355 g/mol. The molecule has 0 radical (unpaired) electrons. The Morgan fingerprint density at radius 3 is 2.19 bits per heavy atom. The van der Waals surface area contributed by atoms with Gasteiger partial charge in [-0.05, 0) is 67.7 Å². The van der Waals surface area contributed by atoms with E-state index in [9.17, 15) is 4.79 Å². The van der Waals surface area contributed by atoms with Crippen LogP contribution in [0.1, 0.15) is 67.7 Å². The Morgan fingerprint density at radius 1 is 1.11 bits per heavy atom. The second kappa shape index (κ2) is 5.18. The summed E-state index contributed by atoms with van der Waals surface area (Å²) in [7, 11) is -0.952. The molecule has 4 fully saturated rings. The molecule has 3 heterocycles. The van der Waals surface area contributed by atoms with Crippen molar-refractivity contribution in [2.24, 2.45) is 5.92 Å². The van der Waals surface area contributed by atoms with Gasteiger partial charge in [-0.25, -0.2) is 13.6 Å². The van der Waals surface area contributed by atoms with Crippen molar-refractivity contribution in [2.75, 3.05) is 0 Å². The predicted molar refractivity (Wildman–Crippen MR) is 96.7 cm³/mol. The number of hydrogen-bond acceptors (Lipinski definition) is 4. The molecule has 4 aliphatic rings. The first-order valence-corrected chi connectivity index (χ1v) is 9.89. The number of piperidine rings is 1. The maximum atomic E-state index is 15.2. The molecule has 1 amide bonds. The SMILES string of the molecule is CC(C)(C)OC(=O)N1C2CCC1C1C(F)(F)C1(B1OC(C)(C)C(C)(C)O1)C2. The van der Waals surface area contributed by atoms with E-state index < -0.39 is 53.2 Å². The molecule has 0 aromatic carbocycles. The van der Waals surface area contributed by atoms with Crippen molar-refractivity contribution in [1.82, 2.24) is 4.90 Å². The molecule has 3 aliphatic heterocycles. The monoisotopic (exact) mass is 385 g/mol. The van der Waals surface area contributed by atoms with Crippen LogP contribution in [0.5, 0.6) is 0 Å². The molecule has 0 spiro atoms. The lowest BCUT2D eigenvalue weighted by Crippen LogP contribution is -2.50. The fourth-order valence-corrected chi connectivity index (χ4v) is 5.24. The Labute approximate surface area is 160 Å². The fourth-order valence-electron chi connectivity index (χ4n) is 5.24. The minimum atomic E-state index is -2.91. The van der Waals surface area contributed by atoms with Crippen LogP contribution in [0.25, 0.3) is 0 Å². The number of carbonyl (C=O) groups is 1. The summed E-state index contributed by atoms with van der Waals surface area (Å²) in [5.41, 5.74) is -1.96. The lowest BCUT2D eigenvalue weighted by molar-refractivity contribution is 0.00447. The maximum Gasteiger partial charge on any atom is 0.471 e. The lowest BCUT2D eigenvalue weighted by Gasteiger charge is -2.38. The number of amides is 1. The summed E-state index contributed by atoms with van der Waals surface area (Å²) in [6.07, 6.45) is 1.00. The van der Waals surface area contributed by atoms with Crippen LogP contribution in [0.3, 0.4) is 0 Å². The number of nitrogens with zero attached hydrogens (tertiary/aromatic N) is 1. The number of carbonyl (C=O) groups excluding carboxylic acids is 1. The first kappa shape index (κ1) is 19.4. The van der Waals surface area contributed by atoms with E-state index in [1.165, 1.54) is 0 Å². The van der Waals surface area contributed by atoms with Crippen LogP contribution in [0.2, 0.25) is 5.31 Å². The van der Waals surface area contributed by atoms with Gasteiger partial charge in [0.15, 0.2) is 0 Å². The third-order valence-corrected chi connectivity index (χ3v) is 7.27. The van der Waals surface area contributed by atoms with Gasteiger partial charge < -0.3 is 18.9 Å². The summed E-state index contributed by atoms with van der Waals surface area (Å²) < 4.78 is 48.0. The first-order valence-electron chi connectivity index (χ1n) is 9.89. The van der Waals surface area contributed by atoms with Gasteiger partial charge in [-0.3, -0.25) is 0 Å². The molecule has 0 aromatic heterocycles. The van der Waals surface area contributed by atoms with Gasteiger partial charge in [0.25, 0.3) is 5.92 Å². The van der Waals surface area contributed by atoms with Crippen LogP contribution >= 0.6 is 0 Å². The Hall–Kier alpha value is -0.885. The van der Waals surface area contributed by atoms with Gasteiger partial charge in [0.2, 0.25) is 0 Å². The van der Waals surface area contributed by atoms with Crippen molar-refractivity contribution < 1.29 is 27.6 Å². The lowest BCUT2D eigenvalue weighted by atomic mass is 9.61. The summed E-state index contributed by atoms with van der Waals surface area (Å²) in [5, 5.41) is -1.34. The van der Waals surface area contributed by atoms with Gasteiger partial charge in [0.05, 0.1) is 22.4 Å². The standard InChI is InChI=1S/C19H30BF2NO4/c1-15(2,3)25-14(24)23-11-8-9-12(23)13-18(10-11,19(13,21)22)20-26-16(4,5)17(6,7)27-20/h11-13H,8-10H2,1-7H3. The van der Waals surface area contributed by atoms with E-state index in [4.69, 9.17) is 14.0 Å². The van der Waals surface area contributed by atoms with Gasteiger partial charge in [-0.15, -0.1) is 0 Å². The van der Waals surface area contributed by atoms with Crippen molar-refractivity contribution in [1.29, 1.82) is 0 Å². The normalized spacial score (nSPS) is 40.7. The smallest absolute Gasteiger partial charge is 0.444 e. The Bertz CT molecular complexity index is 661. The molecule has 2 bridgehead atoms. The molecule has 4 atom stereocenters. The van der Waals surface area contributed by atoms with Crippen LogP contribution < -0.4 is 0 Å². The topological polar surface area (TPSA) is 48.0 Å². The van der Waals surface area contributed by atoms with Crippen molar-refractivity contribution >= 4 is 13.2 Å². The molecule has 0 N–H and O–H groups in total. The minimum Gasteiger partial charge on any atom is -0.444 e. The van der Waals surface area contributed by atoms with E-state index in [2.05, 4.69) is 0 Å². The number of fused-ring (bicyclic) bond motifs is 4. The van der Waals surface area contributed by atoms with E-state index in [0.29, 0.717) is 6.42 Å². The van der Waals surface area contributed by atoms with E-state index in [0.717, 1.165) is 6.42 Å². The van der Waals surface area contributed by atoms with Crippen LogP contribution in [-0.2, 0) is 14.0 Å². The Kier molecular flexibility index (Phi) is 3.73. The zero-order valence-corrected chi connectivity index (χ0v) is 17.3. The van der Waals surface area contributed by atoms with Crippen LogP contribution in [0, 0.1) is 5.92 Å². The van der Waals surface area contributed by atoms with E-state index in [1.807, 2.05) is 27.7 Å². The van der Waals surface area contributed by atoms with Crippen molar-refractivity contribution in [2.45, 2.75) is 108 Å². The van der Waals surface area contributed by atoms with Crippen LogP contribution in [0.4, 0.5) is 13.6 Å². The van der Waals surface area contributed by atoms with Crippen LogP contribution in [0.15, 0.2) is 0 Å². The zero-order chi connectivity index (χ0) is 20.2. The summed E-state index contributed by atoms with van der Waals surface area (Å²) in [5.74, 6) is -3.85. The molecule has 152 valence electrons. The van der Waals surface area contributed by atoms with Crippen molar-refractivity contribution in [3.63, 3.8) is 0 Å². The van der Waals surface area contributed by atoms with Crippen molar-refractivity contribution in [3.05, 3.63) is 0 Å². The number of alkyl halides is 2. The molecule has 1 saturated carbocycles. The Balaban J connectivity index is 1.62. The van der Waals surface area contributed by atoms with E-state index in [-0.39, 0.29) is 12.5 Å². The molecule has 27 heavy (non-hydrogen) atoms. The van der Waals surface area contributed by atoms with Crippen LogP contribution in [-0.4, -0.2) is 52.9 Å². The van der Waals surface area contributed by atoms with Gasteiger partial charge in [0, 0.05) is 12.1 Å². The number of hydrogen-bond donors (Lipinski definition) is 0. The zero-order valence-electron chi connectivity index (χ0n) is 17.3. The largest absolute Gasteiger partial charge is 0.471 e. The van der Waals surface area contributed by atoms with Gasteiger partial charge >= 0.3 is 13.2 Å². The quantitative estimate of drug-likeness (QED) is 0.633. The average Bonchev–Trinajstić information content (AvgIpc) is 2.67. The summed E-state index contributed by atoms with van der Waals surface area (Å²) in [6.45, 7) is 12.9. The van der Waals surface area contributed by atoms with Gasteiger partial charge in [0.1, 0.15) is 5.60 Å². The highest BCUT2D eigenvalue weighted by atomic mass is 19.3. The molecule has 0 aromatic rings. The summed E-state index contributed by atoms with van der Waals surface area (Å²) in [6, 6.07) is -0.777. The third kappa shape index (κ3) is 2.44. The molecule has 1 aliphatic carbocycles. The highest BCUT2D eigenvalue weighted by Crippen LogP contribution is 2.82. The highest BCUT2D eigenvalue weighted by molar-refractivity contribution is 6.52. The summed E-state index contributed by atoms with van der Waals surface area (Å²) in [4.78, 5) is 14.2. The second-order valence-corrected chi connectivity index (χ2v) is 10.6. The molecule has 4 unspecified atom stereocenters. The van der Waals surface area contributed by atoms with E-state index in [1.54, 1.807) is 25.7 Å². The minimum absolute atomic E-state index is 0.192. The predicted octanol–water partition coefficient (Wildman–Crippen LogP) is 4.26. The maximum absolute atomic E-state index is 15.2. The molecule has 4 rings (SSSR count). The third-order valence-electron chi connectivity index (χ3n) is 7.27.